The van der Waals surface area contributed by atoms with Crippen molar-refractivity contribution in [1.29, 1.82) is 0 Å². The van der Waals surface area contributed by atoms with Crippen LogP contribution in [-0.4, -0.2) is 17.0 Å². The number of carbonyl (C=O) groups excluding carboxylic acids is 1. The maximum absolute atomic E-state index is 12.1. The summed E-state index contributed by atoms with van der Waals surface area (Å²) in [6.07, 6.45) is 4.95. The number of thiophene rings is 1. The summed E-state index contributed by atoms with van der Waals surface area (Å²) in [6.45, 7) is 0. The Morgan fingerprint density at radius 1 is 1.33 bits per heavy atom. The molecule has 0 atom stereocenters. The van der Waals surface area contributed by atoms with E-state index in [2.05, 4.69) is 5.32 Å². The zero-order chi connectivity index (χ0) is 15.0. The number of hydrogen-bond donors (Lipinski definition) is 2. The molecule has 2 aromatic rings. The fourth-order valence-electron chi connectivity index (χ4n) is 2.51. The smallest absolute Gasteiger partial charge is 0.339 e. The van der Waals surface area contributed by atoms with Crippen molar-refractivity contribution in [3.05, 3.63) is 39.1 Å². The molecule has 1 amide bonds. The number of hydrogen-bond acceptors (Lipinski definition) is 4. The first-order valence-corrected chi connectivity index (χ1v) is 7.69. The number of carboxylic acids is 1. The van der Waals surface area contributed by atoms with Gasteiger partial charge < -0.3 is 14.8 Å². The summed E-state index contributed by atoms with van der Waals surface area (Å²) in [7, 11) is 0. The number of aryl methyl sites for hydroxylation is 1. The third-order valence-corrected chi connectivity index (χ3v) is 4.97. The minimum Gasteiger partial charge on any atom is -0.478 e. The number of aromatic carboxylic acids is 1. The van der Waals surface area contributed by atoms with Gasteiger partial charge in [-0.2, -0.15) is 0 Å². The zero-order valence-electron chi connectivity index (χ0n) is 10.9. The van der Waals surface area contributed by atoms with Crippen LogP contribution in [0.3, 0.4) is 0 Å². The normalized spacial score (nSPS) is 13.8. The number of rotatable bonds is 3. The van der Waals surface area contributed by atoms with E-state index < -0.39 is 11.9 Å². The standard InChI is InChI=1S/C14H12ClNO4S/c15-11-8(5-6-20-11)12(17)16-13-10(14(18)19)7-3-1-2-4-9(7)21-13/h5-6H,1-4H2,(H,16,17)(H,18,19). The largest absolute Gasteiger partial charge is 0.478 e. The van der Waals surface area contributed by atoms with Crippen molar-refractivity contribution < 1.29 is 19.1 Å². The summed E-state index contributed by atoms with van der Waals surface area (Å²) in [4.78, 5) is 24.7. The molecule has 2 aromatic heterocycles. The van der Waals surface area contributed by atoms with Crippen molar-refractivity contribution in [3.8, 4) is 0 Å². The molecule has 1 aliphatic carbocycles. The maximum Gasteiger partial charge on any atom is 0.339 e. The van der Waals surface area contributed by atoms with E-state index in [0.29, 0.717) is 5.00 Å². The Balaban J connectivity index is 1.95. The lowest BCUT2D eigenvalue weighted by molar-refractivity contribution is 0.0697. The molecule has 0 fully saturated rings. The predicted molar refractivity (Wildman–Crippen MR) is 79.6 cm³/mol. The van der Waals surface area contributed by atoms with Crippen LogP contribution in [0.25, 0.3) is 0 Å². The lowest BCUT2D eigenvalue weighted by atomic mass is 9.95. The molecule has 0 saturated carbocycles. The molecule has 2 N–H and O–H groups in total. The van der Waals surface area contributed by atoms with Gasteiger partial charge in [0.1, 0.15) is 5.00 Å². The lowest BCUT2D eigenvalue weighted by Crippen LogP contribution is -2.14. The van der Waals surface area contributed by atoms with Gasteiger partial charge in [-0.15, -0.1) is 11.3 Å². The van der Waals surface area contributed by atoms with Crippen LogP contribution in [0.15, 0.2) is 16.7 Å². The number of fused-ring (bicyclic) bond motifs is 1. The Hall–Kier alpha value is -1.79. The van der Waals surface area contributed by atoms with Gasteiger partial charge in [0, 0.05) is 4.88 Å². The van der Waals surface area contributed by atoms with Gasteiger partial charge in [-0.1, -0.05) is 0 Å². The SMILES string of the molecule is O=C(Nc1sc2c(c1C(=O)O)CCCC2)c1ccoc1Cl. The molecule has 0 spiro atoms. The van der Waals surface area contributed by atoms with Crippen LogP contribution in [0.5, 0.6) is 0 Å². The summed E-state index contributed by atoms with van der Waals surface area (Å²) in [5.74, 6) is -1.47. The number of amides is 1. The third-order valence-electron chi connectivity index (χ3n) is 3.47. The van der Waals surface area contributed by atoms with Gasteiger partial charge in [-0.05, 0) is 48.9 Å². The van der Waals surface area contributed by atoms with Crippen LogP contribution in [0.4, 0.5) is 5.00 Å². The van der Waals surface area contributed by atoms with Crippen LogP contribution >= 0.6 is 22.9 Å². The number of carbonyl (C=O) groups is 2. The monoisotopic (exact) mass is 325 g/mol. The third kappa shape index (κ3) is 2.56. The first-order valence-electron chi connectivity index (χ1n) is 6.50. The average Bonchev–Trinajstić information content (AvgIpc) is 3.01. The first kappa shape index (κ1) is 14.2. The fourth-order valence-corrected chi connectivity index (χ4v) is 3.98. The lowest BCUT2D eigenvalue weighted by Gasteiger charge is -2.10. The van der Waals surface area contributed by atoms with Crippen molar-refractivity contribution >= 4 is 39.8 Å². The van der Waals surface area contributed by atoms with E-state index in [1.165, 1.54) is 23.7 Å². The number of furan rings is 1. The number of nitrogens with one attached hydrogen (secondary N) is 1. The highest BCUT2D eigenvalue weighted by Gasteiger charge is 2.26. The number of halogens is 1. The van der Waals surface area contributed by atoms with Crippen molar-refractivity contribution in [2.45, 2.75) is 25.7 Å². The van der Waals surface area contributed by atoms with Gasteiger partial charge in [0.25, 0.3) is 5.91 Å². The highest BCUT2D eigenvalue weighted by Crippen LogP contribution is 2.38. The van der Waals surface area contributed by atoms with Crippen LogP contribution < -0.4 is 5.32 Å². The van der Waals surface area contributed by atoms with Gasteiger partial charge in [0.2, 0.25) is 5.22 Å². The second-order valence-electron chi connectivity index (χ2n) is 4.78. The topological polar surface area (TPSA) is 79.5 Å². The second-order valence-corrected chi connectivity index (χ2v) is 6.23. The highest BCUT2D eigenvalue weighted by molar-refractivity contribution is 7.17. The molecule has 0 bridgehead atoms. The van der Waals surface area contributed by atoms with Crippen LogP contribution in [0.2, 0.25) is 5.22 Å². The molecular weight excluding hydrogens is 314 g/mol. The Morgan fingerprint density at radius 2 is 2.10 bits per heavy atom. The van der Waals surface area contributed by atoms with E-state index >= 15 is 0 Å². The summed E-state index contributed by atoms with van der Waals surface area (Å²) in [5.41, 5.74) is 1.26. The van der Waals surface area contributed by atoms with Gasteiger partial charge in [-0.3, -0.25) is 4.79 Å². The molecule has 7 heteroatoms. The molecule has 0 unspecified atom stereocenters. The summed E-state index contributed by atoms with van der Waals surface area (Å²) < 4.78 is 4.87. The molecule has 2 heterocycles. The number of anilines is 1. The quantitative estimate of drug-likeness (QED) is 0.899. The predicted octanol–water partition coefficient (Wildman–Crippen LogP) is 3.82. The van der Waals surface area contributed by atoms with Gasteiger partial charge >= 0.3 is 5.97 Å². The van der Waals surface area contributed by atoms with Crippen molar-refractivity contribution in [2.24, 2.45) is 0 Å². The van der Waals surface area contributed by atoms with Gasteiger partial charge in [-0.25, -0.2) is 4.79 Å². The van der Waals surface area contributed by atoms with Crippen LogP contribution in [0.1, 0.15) is 44.0 Å². The molecule has 5 nitrogen and oxygen atoms in total. The summed E-state index contributed by atoms with van der Waals surface area (Å²) >= 11 is 7.10. The zero-order valence-corrected chi connectivity index (χ0v) is 12.5. The van der Waals surface area contributed by atoms with Crippen LogP contribution in [0, 0.1) is 0 Å². The molecule has 110 valence electrons. The van der Waals surface area contributed by atoms with Crippen LogP contribution in [-0.2, 0) is 12.8 Å². The second kappa shape index (κ2) is 5.54. The van der Waals surface area contributed by atoms with E-state index in [1.54, 1.807) is 0 Å². The van der Waals surface area contributed by atoms with Crippen molar-refractivity contribution in [1.82, 2.24) is 0 Å². The van der Waals surface area contributed by atoms with Gasteiger partial charge in [0.15, 0.2) is 0 Å². The summed E-state index contributed by atoms with van der Waals surface area (Å²) in [5, 5.41) is 12.4. The highest BCUT2D eigenvalue weighted by atomic mass is 35.5. The molecule has 0 aromatic carbocycles. The maximum atomic E-state index is 12.1. The minimum absolute atomic E-state index is 0.00862. The fraction of sp³-hybridized carbons (Fsp3) is 0.286. The number of carboxylic acid groups (broad SMARTS) is 1. The molecule has 21 heavy (non-hydrogen) atoms. The Bertz CT molecular complexity index is 719. The van der Waals surface area contributed by atoms with E-state index in [9.17, 15) is 14.7 Å². The summed E-state index contributed by atoms with van der Waals surface area (Å²) in [6, 6.07) is 1.45. The van der Waals surface area contributed by atoms with Gasteiger partial charge in [0.05, 0.1) is 17.4 Å². The average molecular weight is 326 g/mol. The van der Waals surface area contributed by atoms with E-state index in [1.807, 2.05) is 0 Å². The minimum atomic E-state index is -1.01. The van der Waals surface area contributed by atoms with E-state index in [-0.39, 0.29) is 16.3 Å². The van der Waals surface area contributed by atoms with Crippen molar-refractivity contribution in [3.63, 3.8) is 0 Å². The molecule has 1 aliphatic rings. The Labute approximate surface area is 129 Å². The van der Waals surface area contributed by atoms with Crippen molar-refractivity contribution in [2.75, 3.05) is 5.32 Å². The molecule has 0 aliphatic heterocycles. The molecular formula is C14H12ClNO4S. The Morgan fingerprint density at radius 3 is 2.76 bits per heavy atom. The van der Waals surface area contributed by atoms with E-state index in [4.69, 9.17) is 16.0 Å². The first-order chi connectivity index (χ1) is 10.1. The molecule has 0 radical (unpaired) electrons. The Kier molecular flexibility index (Phi) is 3.73. The van der Waals surface area contributed by atoms with E-state index in [0.717, 1.165) is 36.1 Å². The molecule has 3 rings (SSSR count). The molecule has 0 saturated heterocycles.